The van der Waals surface area contributed by atoms with Crippen LogP contribution >= 0.6 is 11.3 Å². The molecule has 1 aliphatic rings. The van der Waals surface area contributed by atoms with Crippen molar-refractivity contribution in [3.05, 3.63) is 46.2 Å². The van der Waals surface area contributed by atoms with Crippen molar-refractivity contribution >= 4 is 17.2 Å². The first kappa shape index (κ1) is 15.3. The maximum absolute atomic E-state index is 12.5. The zero-order chi connectivity index (χ0) is 15.7. The molecule has 1 aliphatic carbocycles. The fourth-order valence-corrected chi connectivity index (χ4v) is 3.72. The van der Waals surface area contributed by atoms with Gasteiger partial charge >= 0.3 is 0 Å². The van der Waals surface area contributed by atoms with Crippen LogP contribution in [-0.4, -0.2) is 12.5 Å². The molecule has 0 aliphatic heterocycles. The van der Waals surface area contributed by atoms with Gasteiger partial charge < -0.3 is 5.32 Å². The van der Waals surface area contributed by atoms with Gasteiger partial charge in [-0.3, -0.25) is 4.79 Å². The minimum Gasteiger partial charge on any atom is -0.355 e. The van der Waals surface area contributed by atoms with Crippen LogP contribution in [0.2, 0.25) is 0 Å². The highest BCUT2D eigenvalue weighted by molar-refractivity contribution is 7.08. The van der Waals surface area contributed by atoms with Gasteiger partial charge in [0.25, 0.3) is 0 Å². The molecule has 2 aromatic rings. The number of rotatable bonds is 5. The molecule has 1 heterocycles. The van der Waals surface area contributed by atoms with E-state index in [4.69, 9.17) is 0 Å². The Morgan fingerprint density at radius 1 is 1.23 bits per heavy atom. The third-order valence-electron chi connectivity index (χ3n) is 4.46. The molecular weight excluding hydrogens is 290 g/mol. The number of hydrogen-bond acceptors (Lipinski definition) is 2. The molecule has 1 amide bonds. The third-order valence-corrected chi connectivity index (χ3v) is 5.32. The van der Waals surface area contributed by atoms with E-state index < -0.39 is 0 Å². The standard InChI is InChI=1S/C19H23NOS/c1-13(2)10-20-18(21)19(8-9-19)16-6-4-15(5-7-16)17-12-22-11-14(17)3/h4-7,11-13H,8-10H2,1-3H3,(H,20,21). The Bertz CT molecular complexity index is 665. The molecule has 22 heavy (non-hydrogen) atoms. The fourth-order valence-electron chi connectivity index (χ4n) is 2.86. The number of benzene rings is 1. The normalized spacial score (nSPS) is 15.8. The monoisotopic (exact) mass is 313 g/mol. The Labute approximate surface area is 136 Å². The van der Waals surface area contributed by atoms with E-state index in [0.717, 1.165) is 24.9 Å². The summed E-state index contributed by atoms with van der Waals surface area (Å²) >= 11 is 1.73. The molecule has 3 rings (SSSR count). The predicted molar refractivity (Wildman–Crippen MR) is 93.3 cm³/mol. The Morgan fingerprint density at radius 2 is 1.91 bits per heavy atom. The summed E-state index contributed by atoms with van der Waals surface area (Å²) < 4.78 is 0. The Balaban J connectivity index is 1.78. The summed E-state index contributed by atoms with van der Waals surface area (Å²) in [6.45, 7) is 7.14. The molecule has 1 fully saturated rings. The van der Waals surface area contributed by atoms with Crippen molar-refractivity contribution < 1.29 is 4.79 Å². The van der Waals surface area contributed by atoms with Crippen LogP contribution in [0.15, 0.2) is 35.0 Å². The van der Waals surface area contributed by atoms with Gasteiger partial charge in [0.2, 0.25) is 5.91 Å². The van der Waals surface area contributed by atoms with Crippen LogP contribution in [-0.2, 0) is 10.2 Å². The summed E-state index contributed by atoms with van der Waals surface area (Å²) in [5.74, 6) is 0.685. The number of nitrogens with one attached hydrogen (secondary N) is 1. The zero-order valence-electron chi connectivity index (χ0n) is 13.5. The average molecular weight is 313 g/mol. The first-order valence-electron chi connectivity index (χ1n) is 7.95. The van der Waals surface area contributed by atoms with Crippen molar-refractivity contribution in [1.82, 2.24) is 5.32 Å². The summed E-state index contributed by atoms with van der Waals surface area (Å²) in [7, 11) is 0. The predicted octanol–water partition coefficient (Wildman–Crippen LogP) is 4.53. The van der Waals surface area contributed by atoms with Gasteiger partial charge in [0.1, 0.15) is 0 Å². The summed E-state index contributed by atoms with van der Waals surface area (Å²) in [6, 6.07) is 8.57. The minimum absolute atomic E-state index is 0.195. The highest BCUT2D eigenvalue weighted by Crippen LogP contribution is 2.48. The van der Waals surface area contributed by atoms with Gasteiger partial charge in [-0.1, -0.05) is 38.1 Å². The van der Waals surface area contributed by atoms with Crippen LogP contribution in [0.4, 0.5) is 0 Å². The second-order valence-corrected chi connectivity index (χ2v) is 7.48. The second kappa shape index (κ2) is 5.88. The molecule has 1 N–H and O–H groups in total. The van der Waals surface area contributed by atoms with Crippen molar-refractivity contribution in [3.8, 4) is 11.1 Å². The Morgan fingerprint density at radius 3 is 2.41 bits per heavy atom. The molecule has 2 nitrogen and oxygen atoms in total. The fraction of sp³-hybridized carbons (Fsp3) is 0.421. The Kier molecular flexibility index (Phi) is 4.09. The SMILES string of the molecule is Cc1cscc1-c1ccc(C2(C(=O)NCC(C)C)CC2)cc1. The second-order valence-electron chi connectivity index (χ2n) is 6.73. The average Bonchev–Trinajstić information content (AvgIpc) is 3.21. The lowest BCUT2D eigenvalue weighted by Crippen LogP contribution is -2.36. The van der Waals surface area contributed by atoms with E-state index in [1.54, 1.807) is 11.3 Å². The molecule has 0 atom stereocenters. The summed E-state index contributed by atoms with van der Waals surface area (Å²) in [5.41, 5.74) is 4.74. The molecular formula is C19H23NOS. The van der Waals surface area contributed by atoms with E-state index in [2.05, 4.69) is 61.1 Å². The van der Waals surface area contributed by atoms with Gasteiger partial charge in [0.05, 0.1) is 5.41 Å². The van der Waals surface area contributed by atoms with E-state index in [1.807, 2.05) is 0 Å². The molecule has 0 spiro atoms. The van der Waals surface area contributed by atoms with Crippen LogP contribution in [0.25, 0.3) is 11.1 Å². The quantitative estimate of drug-likeness (QED) is 0.863. The molecule has 0 saturated heterocycles. The van der Waals surface area contributed by atoms with Crippen LogP contribution in [0.5, 0.6) is 0 Å². The first-order chi connectivity index (χ1) is 10.5. The maximum atomic E-state index is 12.5. The molecule has 3 heteroatoms. The van der Waals surface area contributed by atoms with Gasteiger partial charge in [0, 0.05) is 6.54 Å². The van der Waals surface area contributed by atoms with Crippen molar-refractivity contribution in [3.63, 3.8) is 0 Å². The van der Waals surface area contributed by atoms with Crippen molar-refractivity contribution in [2.75, 3.05) is 6.54 Å². The number of amides is 1. The lowest BCUT2D eigenvalue weighted by molar-refractivity contribution is -0.123. The molecule has 116 valence electrons. The highest BCUT2D eigenvalue weighted by Gasteiger charge is 2.51. The van der Waals surface area contributed by atoms with E-state index in [-0.39, 0.29) is 11.3 Å². The topological polar surface area (TPSA) is 29.1 Å². The van der Waals surface area contributed by atoms with Gasteiger partial charge in [-0.2, -0.15) is 11.3 Å². The first-order valence-corrected chi connectivity index (χ1v) is 8.89. The summed E-state index contributed by atoms with van der Waals surface area (Å²) in [6.07, 6.45) is 1.93. The highest BCUT2D eigenvalue weighted by atomic mass is 32.1. The van der Waals surface area contributed by atoms with Crippen molar-refractivity contribution in [2.24, 2.45) is 5.92 Å². The Hall–Kier alpha value is -1.61. The lowest BCUT2D eigenvalue weighted by Gasteiger charge is -2.17. The van der Waals surface area contributed by atoms with Crippen molar-refractivity contribution in [2.45, 2.75) is 39.0 Å². The number of carbonyl (C=O) groups is 1. The molecule has 0 unspecified atom stereocenters. The molecule has 1 saturated carbocycles. The van der Waals surface area contributed by atoms with E-state index in [1.165, 1.54) is 16.7 Å². The lowest BCUT2D eigenvalue weighted by atomic mass is 9.92. The third kappa shape index (κ3) is 2.82. The molecule has 1 aromatic carbocycles. The zero-order valence-corrected chi connectivity index (χ0v) is 14.3. The van der Waals surface area contributed by atoms with E-state index in [9.17, 15) is 4.79 Å². The summed E-state index contributed by atoms with van der Waals surface area (Å²) in [4.78, 5) is 12.5. The maximum Gasteiger partial charge on any atom is 0.230 e. The molecule has 0 bridgehead atoms. The van der Waals surface area contributed by atoms with E-state index in [0.29, 0.717) is 5.92 Å². The van der Waals surface area contributed by atoms with Crippen LogP contribution in [0.1, 0.15) is 37.8 Å². The van der Waals surface area contributed by atoms with Gasteiger partial charge in [-0.25, -0.2) is 0 Å². The van der Waals surface area contributed by atoms with Crippen LogP contribution < -0.4 is 5.32 Å². The number of thiophene rings is 1. The minimum atomic E-state index is -0.267. The molecule has 1 aromatic heterocycles. The number of hydrogen-bond donors (Lipinski definition) is 1. The largest absolute Gasteiger partial charge is 0.355 e. The van der Waals surface area contributed by atoms with Gasteiger partial charge in [-0.15, -0.1) is 0 Å². The molecule has 0 radical (unpaired) electrons. The van der Waals surface area contributed by atoms with Crippen LogP contribution in [0.3, 0.4) is 0 Å². The van der Waals surface area contributed by atoms with Gasteiger partial charge in [0.15, 0.2) is 0 Å². The van der Waals surface area contributed by atoms with Crippen molar-refractivity contribution in [1.29, 1.82) is 0 Å². The van der Waals surface area contributed by atoms with Gasteiger partial charge in [-0.05, 0) is 58.7 Å². The van der Waals surface area contributed by atoms with Crippen LogP contribution in [0, 0.1) is 12.8 Å². The number of aryl methyl sites for hydroxylation is 1. The summed E-state index contributed by atoms with van der Waals surface area (Å²) in [5, 5.41) is 7.46. The smallest absolute Gasteiger partial charge is 0.230 e. The number of carbonyl (C=O) groups excluding carboxylic acids is 1. The van der Waals surface area contributed by atoms with E-state index >= 15 is 0 Å².